The number of fused-ring (bicyclic) bond motifs is 1. The van der Waals surface area contributed by atoms with Crippen LogP contribution in [0.5, 0.6) is 0 Å². The molecule has 1 heterocycles. The van der Waals surface area contributed by atoms with Crippen LogP contribution in [-0.4, -0.2) is 13.6 Å². The summed E-state index contributed by atoms with van der Waals surface area (Å²) >= 11 is 0. The van der Waals surface area contributed by atoms with E-state index < -0.39 is 17.5 Å². The van der Waals surface area contributed by atoms with E-state index in [1.807, 2.05) is 19.2 Å². The molecule has 0 amide bonds. The first-order valence-corrected chi connectivity index (χ1v) is 6.76. The molecule has 21 heavy (non-hydrogen) atoms. The molecule has 0 aliphatic carbocycles. The van der Waals surface area contributed by atoms with Gasteiger partial charge in [-0.1, -0.05) is 12.1 Å². The first kappa shape index (κ1) is 13.8. The largest absolute Gasteiger partial charge is 0.379 e. The summed E-state index contributed by atoms with van der Waals surface area (Å²) in [6.45, 7) is 1.35. The quantitative estimate of drug-likeness (QED) is 0.868. The Kier molecular flexibility index (Phi) is 3.49. The van der Waals surface area contributed by atoms with Gasteiger partial charge in [0.05, 0.1) is 5.69 Å². The number of nitrogens with one attached hydrogen (secondary N) is 1. The molecule has 0 bridgehead atoms. The van der Waals surface area contributed by atoms with Crippen molar-refractivity contribution in [3.05, 3.63) is 58.9 Å². The number of hydrogen-bond donors (Lipinski definition) is 1. The van der Waals surface area contributed by atoms with Crippen LogP contribution in [0.2, 0.25) is 0 Å². The van der Waals surface area contributed by atoms with Gasteiger partial charge in [-0.3, -0.25) is 0 Å². The van der Waals surface area contributed by atoms with Gasteiger partial charge in [0, 0.05) is 25.8 Å². The Morgan fingerprint density at radius 2 is 1.90 bits per heavy atom. The molecule has 0 unspecified atom stereocenters. The van der Waals surface area contributed by atoms with E-state index in [9.17, 15) is 13.2 Å². The highest BCUT2D eigenvalue weighted by molar-refractivity contribution is 5.58. The minimum atomic E-state index is -1.45. The summed E-state index contributed by atoms with van der Waals surface area (Å²) in [5, 5.41) is 2.80. The van der Waals surface area contributed by atoms with Crippen molar-refractivity contribution in [2.24, 2.45) is 0 Å². The molecule has 0 saturated heterocycles. The van der Waals surface area contributed by atoms with Gasteiger partial charge in [-0.05, 0) is 35.7 Å². The summed E-state index contributed by atoms with van der Waals surface area (Å²) < 4.78 is 39.6. The number of anilines is 2. The van der Waals surface area contributed by atoms with Crippen LogP contribution in [-0.2, 0) is 13.0 Å². The van der Waals surface area contributed by atoms with E-state index >= 15 is 0 Å². The molecule has 0 atom stereocenters. The molecule has 3 rings (SSSR count). The molecule has 0 spiro atoms. The zero-order chi connectivity index (χ0) is 15.0. The van der Waals surface area contributed by atoms with Crippen molar-refractivity contribution in [3.8, 4) is 0 Å². The molecule has 0 aromatic heterocycles. The maximum absolute atomic E-state index is 13.6. The third kappa shape index (κ3) is 2.55. The molecule has 0 saturated carbocycles. The first-order valence-electron chi connectivity index (χ1n) is 6.76. The summed E-state index contributed by atoms with van der Waals surface area (Å²) in [4.78, 5) is 2.18. The fourth-order valence-corrected chi connectivity index (χ4v) is 2.59. The van der Waals surface area contributed by atoms with Gasteiger partial charge in [0.25, 0.3) is 0 Å². The van der Waals surface area contributed by atoms with E-state index in [0.29, 0.717) is 6.54 Å². The summed E-state index contributed by atoms with van der Waals surface area (Å²) in [7, 11) is 2.04. The zero-order valence-corrected chi connectivity index (χ0v) is 11.6. The lowest BCUT2D eigenvalue weighted by Gasteiger charge is -2.13. The fraction of sp³-hybridized carbons (Fsp3) is 0.250. The highest BCUT2D eigenvalue weighted by atomic mass is 19.2. The molecule has 1 N–H and O–H groups in total. The van der Waals surface area contributed by atoms with Crippen molar-refractivity contribution in [1.29, 1.82) is 0 Å². The predicted octanol–water partition coefficient (Wildman–Crippen LogP) is 3.71. The van der Waals surface area contributed by atoms with Crippen LogP contribution < -0.4 is 10.2 Å². The molecule has 2 aromatic rings. The Hall–Kier alpha value is -2.17. The monoisotopic (exact) mass is 292 g/mol. The number of halogens is 3. The lowest BCUT2D eigenvalue weighted by atomic mass is 10.1. The van der Waals surface area contributed by atoms with Gasteiger partial charge in [0.15, 0.2) is 17.5 Å². The molecule has 110 valence electrons. The third-order valence-electron chi connectivity index (χ3n) is 3.79. The molecular weight excluding hydrogens is 277 g/mol. The maximum atomic E-state index is 13.6. The van der Waals surface area contributed by atoms with Crippen molar-refractivity contribution in [3.63, 3.8) is 0 Å². The van der Waals surface area contributed by atoms with Gasteiger partial charge >= 0.3 is 0 Å². The number of benzene rings is 2. The number of rotatable bonds is 3. The lowest BCUT2D eigenvalue weighted by molar-refractivity contribution is 0.449. The van der Waals surface area contributed by atoms with E-state index in [4.69, 9.17) is 0 Å². The van der Waals surface area contributed by atoms with Crippen molar-refractivity contribution in [2.45, 2.75) is 13.0 Å². The topological polar surface area (TPSA) is 15.3 Å². The molecule has 2 aromatic carbocycles. The Balaban J connectivity index is 1.75. The molecule has 5 heteroatoms. The minimum absolute atomic E-state index is 0.0356. The second-order valence-corrected chi connectivity index (χ2v) is 5.21. The number of nitrogens with zero attached hydrogens (tertiary/aromatic N) is 1. The van der Waals surface area contributed by atoms with Crippen molar-refractivity contribution < 1.29 is 13.2 Å². The highest BCUT2D eigenvalue weighted by Gasteiger charge is 2.16. The third-order valence-corrected chi connectivity index (χ3v) is 3.79. The van der Waals surface area contributed by atoms with Crippen molar-refractivity contribution >= 4 is 11.4 Å². The normalized spacial score (nSPS) is 13.4. The summed E-state index contributed by atoms with van der Waals surface area (Å²) in [5.41, 5.74) is 3.40. The fourth-order valence-electron chi connectivity index (χ4n) is 2.59. The van der Waals surface area contributed by atoms with Crippen LogP contribution in [0, 0.1) is 17.5 Å². The predicted molar refractivity (Wildman–Crippen MR) is 77.1 cm³/mol. The minimum Gasteiger partial charge on any atom is -0.379 e. The number of likely N-dealkylation sites (N-methyl/N-ethyl adjacent to an activating group) is 1. The molecule has 0 fully saturated rings. The molecule has 1 aliphatic heterocycles. The molecule has 0 radical (unpaired) electrons. The molecular formula is C16H15F3N2. The van der Waals surface area contributed by atoms with Crippen LogP contribution >= 0.6 is 0 Å². The van der Waals surface area contributed by atoms with Gasteiger partial charge in [-0.15, -0.1) is 0 Å². The van der Waals surface area contributed by atoms with E-state index in [1.54, 1.807) is 0 Å². The summed E-state index contributed by atoms with van der Waals surface area (Å²) in [6.07, 6.45) is 0.985. The summed E-state index contributed by atoms with van der Waals surface area (Å²) in [5.74, 6) is -3.81. The molecule has 1 aliphatic rings. The van der Waals surface area contributed by atoms with Gasteiger partial charge in [-0.2, -0.15) is 0 Å². The SMILES string of the molecule is CN1CCc2cc(CNc3ccc(F)c(F)c3F)ccc21. The average Bonchev–Trinajstić information content (AvgIpc) is 2.85. The first-order chi connectivity index (χ1) is 10.1. The van der Waals surface area contributed by atoms with Crippen LogP contribution in [0.25, 0.3) is 0 Å². The van der Waals surface area contributed by atoms with Gasteiger partial charge in [0.2, 0.25) is 0 Å². The van der Waals surface area contributed by atoms with Gasteiger partial charge in [-0.25, -0.2) is 13.2 Å². The van der Waals surface area contributed by atoms with Gasteiger partial charge < -0.3 is 10.2 Å². The standard InChI is InChI=1S/C16H15F3N2/c1-21-7-6-11-8-10(2-5-14(11)21)9-20-13-4-3-12(17)15(18)16(13)19/h2-5,8,20H,6-7,9H2,1H3. The van der Waals surface area contributed by atoms with Crippen LogP contribution in [0.1, 0.15) is 11.1 Å². The Bertz CT molecular complexity index is 685. The Morgan fingerprint density at radius 3 is 2.71 bits per heavy atom. The van der Waals surface area contributed by atoms with Crippen LogP contribution in [0.4, 0.5) is 24.5 Å². The van der Waals surface area contributed by atoms with E-state index in [0.717, 1.165) is 24.6 Å². The highest BCUT2D eigenvalue weighted by Crippen LogP contribution is 2.28. The van der Waals surface area contributed by atoms with Crippen LogP contribution in [0.3, 0.4) is 0 Å². The Labute approximate surface area is 121 Å². The summed E-state index contributed by atoms with van der Waals surface area (Å²) in [6, 6.07) is 8.16. The smallest absolute Gasteiger partial charge is 0.196 e. The maximum Gasteiger partial charge on any atom is 0.196 e. The second kappa shape index (κ2) is 5.31. The zero-order valence-electron chi connectivity index (χ0n) is 11.6. The Morgan fingerprint density at radius 1 is 1.10 bits per heavy atom. The second-order valence-electron chi connectivity index (χ2n) is 5.21. The van der Waals surface area contributed by atoms with Gasteiger partial charge in [0.1, 0.15) is 0 Å². The number of hydrogen-bond acceptors (Lipinski definition) is 2. The lowest BCUT2D eigenvalue weighted by Crippen LogP contribution is -2.12. The van der Waals surface area contributed by atoms with Crippen molar-refractivity contribution in [2.75, 3.05) is 23.8 Å². The average molecular weight is 292 g/mol. The van der Waals surface area contributed by atoms with Crippen molar-refractivity contribution in [1.82, 2.24) is 0 Å². The van der Waals surface area contributed by atoms with Crippen LogP contribution in [0.15, 0.2) is 30.3 Å². The van der Waals surface area contributed by atoms with E-state index in [2.05, 4.69) is 16.3 Å². The molecule has 2 nitrogen and oxygen atoms in total. The van der Waals surface area contributed by atoms with E-state index in [1.165, 1.54) is 17.3 Å². The van der Waals surface area contributed by atoms with E-state index in [-0.39, 0.29) is 5.69 Å².